The lowest BCUT2D eigenvalue weighted by molar-refractivity contribution is 0.602. The molecule has 2 aromatic carbocycles. The van der Waals surface area contributed by atoms with Crippen molar-refractivity contribution in [3.05, 3.63) is 66.5 Å². The maximum absolute atomic E-state index is 12.6. The van der Waals surface area contributed by atoms with Gasteiger partial charge in [-0.1, -0.05) is 36.4 Å². The molecule has 0 amide bonds. The topological polar surface area (TPSA) is 59.1 Å². The molecule has 0 aliphatic heterocycles. The molecule has 0 radical (unpaired) electrons. The third kappa shape index (κ3) is 2.60. The molecular formula is C16H14N2O2S. The number of hydrogen-bond acceptors (Lipinski definition) is 3. The second kappa shape index (κ2) is 5.18. The normalized spacial score (nSPS) is 11.5. The molecule has 106 valence electrons. The Balaban J connectivity index is 2.11. The molecule has 4 nitrogen and oxygen atoms in total. The van der Waals surface area contributed by atoms with Gasteiger partial charge in [0.2, 0.25) is 0 Å². The Bertz CT molecular complexity index is 900. The molecule has 1 N–H and O–H groups in total. The van der Waals surface area contributed by atoms with Gasteiger partial charge in [0.25, 0.3) is 10.0 Å². The van der Waals surface area contributed by atoms with Gasteiger partial charge in [-0.3, -0.25) is 9.71 Å². The fraction of sp³-hybridized carbons (Fsp3) is 0.0625. The van der Waals surface area contributed by atoms with E-state index in [9.17, 15) is 8.42 Å². The second-order valence-corrected chi connectivity index (χ2v) is 6.42. The summed E-state index contributed by atoms with van der Waals surface area (Å²) < 4.78 is 27.9. The molecule has 0 aliphatic rings. The predicted molar refractivity (Wildman–Crippen MR) is 83.7 cm³/mol. The fourth-order valence-electron chi connectivity index (χ4n) is 2.22. The third-order valence-corrected chi connectivity index (χ3v) is 4.73. The van der Waals surface area contributed by atoms with Crippen LogP contribution in [0.1, 0.15) is 5.56 Å². The van der Waals surface area contributed by atoms with Gasteiger partial charge in [-0.2, -0.15) is 0 Å². The van der Waals surface area contributed by atoms with Gasteiger partial charge in [0, 0.05) is 17.8 Å². The van der Waals surface area contributed by atoms with Gasteiger partial charge < -0.3 is 0 Å². The molecule has 21 heavy (non-hydrogen) atoms. The van der Waals surface area contributed by atoms with E-state index in [1.54, 1.807) is 30.6 Å². The van der Waals surface area contributed by atoms with E-state index >= 15 is 0 Å². The molecule has 1 aromatic heterocycles. The van der Waals surface area contributed by atoms with Gasteiger partial charge in [0.1, 0.15) is 0 Å². The number of fused-ring (bicyclic) bond motifs is 1. The summed E-state index contributed by atoms with van der Waals surface area (Å²) in [5.41, 5.74) is 1.32. The molecule has 0 unspecified atom stereocenters. The number of benzene rings is 2. The Morgan fingerprint density at radius 1 is 1.00 bits per heavy atom. The minimum atomic E-state index is -3.64. The highest BCUT2D eigenvalue weighted by Crippen LogP contribution is 2.25. The molecular weight excluding hydrogens is 284 g/mol. The van der Waals surface area contributed by atoms with Crippen LogP contribution in [0.3, 0.4) is 0 Å². The van der Waals surface area contributed by atoms with Gasteiger partial charge in [0.05, 0.1) is 10.6 Å². The average Bonchev–Trinajstić information content (AvgIpc) is 2.49. The number of pyridine rings is 1. The fourth-order valence-corrected chi connectivity index (χ4v) is 3.58. The number of rotatable bonds is 3. The summed E-state index contributed by atoms with van der Waals surface area (Å²) in [6.07, 6.45) is 3.19. The van der Waals surface area contributed by atoms with Crippen LogP contribution in [-0.4, -0.2) is 13.4 Å². The number of hydrogen-bond donors (Lipinski definition) is 1. The zero-order chi connectivity index (χ0) is 14.9. The number of aromatic nitrogens is 1. The summed E-state index contributed by atoms with van der Waals surface area (Å²) in [5, 5.41) is 1.60. The molecule has 1 heterocycles. The van der Waals surface area contributed by atoms with E-state index in [1.165, 1.54) is 0 Å². The molecule has 3 rings (SSSR count). The highest BCUT2D eigenvalue weighted by atomic mass is 32.2. The van der Waals surface area contributed by atoms with Crippen LogP contribution >= 0.6 is 0 Å². The number of sulfonamides is 1. The number of nitrogens with zero attached hydrogens (tertiary/aromatic N) is 1. The van der Waals surface area contributed by atoms with E-state index in [0.717, 1.165) is 10.9 Å². The zero-order valence-electron chi connectivity index (χ0n) is 11.4. The summed E-state index contributed by atoms with van der Waals surface area (Å²) in [5.74, 6) is 0. The minimum absolute atomic E-state index is 0.275. The highest BCUT2D eigenvalue weighted by Gasteiger charge is 2.17. The Hall–Kier alpha value is -2.40. The molecule has 0 atom stereocenters. The van der Waals surface area contributed by atoms with Gasteiger partial charge in [-0.05, 0) is 30.0 Å². The molecule has 0 spiro atoms. The number of aryl methyl sites for hydroxylation is 1. The van der Waals surface area contributed by atoms with Crippen LogP contribution in [0.25, 0.3) is 10.8 Å². The van der Waals surface area contributed by atoms with Crippen molar-refractivity contribution in [2.75, 3.05) is 4.72 Å². The van der Waals surface area contributed by atoms with Crippen molar-refractivity contribution in [3.8, 4) is 0 Å². The van der Waals surface area contributed by atoms with Gasteiger partial charge in [-0.25, -0.2) is 8.42 Å². The van der Waals surface area contributed by atoms with Crippen LogP contribution in [0.2, 0.25) is 0 Å². The van der Waals surface area contributed by atoms with Gasteiger partial charge >= 0.3 is 0 Å². The molecule has 0 saturated heterocycles. The summed E-state index contributed by atoms with van der Waals surface area (Å²) in [7, 11) is -3.64. The minimum Gasteiger partial charge on any atom is -0.279 e. The number of anilines is 1. The summed E-state index contributed by atoms with van der Waals surface area (Å²) in [4.78, 5) is 4.24. The predicted octanol–water partition coefficient (Wildman–Crippen LogP) is 3.34. The maximum atomic E-state index is 12.6. The molecule has 0 saturated carbocycles. The summed E-state index contributed by atoms with van der Waals surface area (Å²) in [6, 6.07) is 14.3. The van der Waals surface area contributed by atoms with Crippen LogP contribution in [0.4, 0.5) is 5.69 Å². The third-order valence-electron chi connectivity index (χ3n) is 3.30. The van der Waals surface area contributed by atoms with Crippen molar-refractivity contribution in [2.45, 2.75) is 11.8 Å². The van der Waals surface area contributed by atoms with Crippen LogP contribution < -0.4 is 4.72 Å². The van der Waals surface area contributed by atoms with E-state index < -0.39 is 10.0 Å². The van der Waals surface area contributed by atoms with E-state index in [-0.39, 0.29) is 4.90 Å². The Morgan fingerprint density at radius 2 is 1.76 bits per heavy atom. The van der Waals surface area contributed by atoms with E-state index in [0.29, 0.717) is 11.1 Å². The molecule has 0 aliphatic carbocycles. The first-order valence-corrected chi connectivity index (χ1v) is 7.97. The first-order valence-electron chi connectivity index (χ1n) is 6.49. The molecule has 3 aromatic rings. The summed E-state index contributed by atoms with van der Waals surface area (Å²) >= 11 is 0. The van der Waals surface area contributed by atoms with Gasteiger partial charge in [-0.15, -0.1) is 0 Å². The average molecular weight is 298 g/mol. The van der Waals surface area contributed by atoms with E-state index in [1.807, 2.05) is 37.3 Å². The smallest absolute Gasteiger partial charge is 0.262 e. The largest absolute Gasteiger partial charge is 0.279 e. The lowest BCUT2D eigenvalue weighted by Gasteiger charge is -2.12. The lowest BCUT2D eigenvalue weighted by Crippen LogP contribution is -2.14. The standard InChI is InChI=1S/C16H14N2O2S/c1-12-11-17-10-9-15(12)18-21(19,20)16-8-4-6-13-5-2-3-7-14(13)16/h2-11H,1H3,(H,17,18). The van der Waals surface area contributed by atoms with Crippen molar-refractivity contribution in [1.29, 1.82) is 0 Å². The lowest BCUT2D eigenvalue weighted by atomic mass is 10.1. The van der Waals surface area contributed by atoms with Crippen LogP contribution in [0.5, 0.6) is 0 Å². The first kappa shape index (κ1) is 13.6. The summed E-state index contributed by atoms with van der Waals surface area (Å²) in [6.45, 7) is 1.81. The van der Waals surface area contributed by atoms with E-state index in [2.05, 4.69) is 9.71 Å². The quantitative estimate of drug-likeness (QED) is 0.806. The second-order valence-electron chi connectivity index (χ2n) is 4.77. The highest BCUT2D eigenvalue weighted by molar-refractivity contribution is 7.93. The van der Waals surface area contributed by atoms with E-state index in [4.69, 9.17) is 0 Å². The van der Waals surface area contributed by atoms with Crippen LogP contribution in [-0.2, 0) is 10.0 Å². The van der Waals surface area contributed by atoms with Gasteiger partial charge in [0.15, 0.2) is 0 Å². The van der Waals surface area contributed by atoms with Crippen molar-refractivity contribution in [1.82, 2.24) is 4.98 Å². The Labute approximate surface area is 123 Å². The SMILES string of the molecule is Cc1cnccc1NS(=O)(=O)c1cccc2ccccc12. The van der Waals surface area contributed by atoms with Crippen molar-refractivity contribution in [2.24, 2.45) is 0 Å². The monoisotopic (exact) mass is 298 g/mol. The van der Waals surface area contributed by atoms with Crippen LogP contribution in [0.15, 0.2) is 65.8 Å². The molecule has 0 fully saturated rings. The van der Waals surface area contributed by atoms with Crippen molar-refractivity contribution in [3.63, 3.8) is 0 Å². The maximum Gasteiger partial charge on any atom is 0.262 e. The Morgan fingerprint density at radius 3 is 2.57 bits per heavy atom. The van der Waals surface area contributed by atoms with Crippen molar-refractivity contribution >= 4 is 26.5 Å². The molecule has 0 bridgehead atoms. The molecule has 5 heteroatoms. The number of nitrogens with one attached hydrogen (secondary N) is 1. The first-order chi connectivity index (χ1) is 10.1. The van der Waals surface area contributed by atoms with Crippen LogP contribution in [0, 0.1) is 6.92 Å². The Kier molecular flexibility index (Phi) is 3.35. The zero-order valence-corrected chi connectivity index (χ0v) is 12.3. The van der Waals surface area contributed by atoms with Crippen molar-refractivity contribution < 1.29 is 8.42 Å².